The molecule has 0 aromatic heterocycles. The number of rotatable bonds is 8. The van der Waals surface area contributed by atoms with E-state index in [1.54, 1.807) is 32.4 Å². The Morgan fingerprint density at radius 2 is 1.81 bits per heavy atom. The van der Waals surface area contributed by atoms with Gasteiger partial charge in [0.05, 0.1) is 18.7 Å². The maximum Gasteiger partial charge on any atom is 0.295 e. The number of aliphatic hydroxyl groups is 1. The average Bonchev–Trinajstić information content (AvgIpc) is 3.03. The van der Waals surface area contributed by atoms with Crippen LogP contribution in [0.2, 0.25) is 0 Å². The lowest BCUT2D eigenvalue weighted by atomic mass is 9.94. The molecule has 1 aliphatic rings. The van der Waals surface area contributed by atoms with Gasteiger partial charge in [0.2, 0.25) is 0 Å². The highest BCUT2D eigenvalue weighted by Gasteiger charge is 2.45. The van der Waals surface area contributed by atoms with Crippen molar-refractivity contribution in [2.75, 3.05) is 27.4 Å². The molecule has 0 unspecified atom stereocenters. The lowest BCUT2D eigenvalue weighted by molar-refractivity contribution is -0.140. The number of carbonyl (C=O) groups excluding carboxylic acids is 2. The van der Waals surface area contributed by atoms with Crippen molar-refractivity contribution in [2.24, 2.45) is 0 Å². The Bertz CT molecular complexity index is 993. The average molecular weight is 424 g/mol. The Morgan fingerprint density at radius 3 is 2.39 bits per heavy atom. The molecule has 1 aliphatic heterocycles. The van der Waals surface area contributed by atoms with Gasteiger partial charge in [-0.25, -0.2) is 0 Å². The first-order valence-corrected chi connectivity index (χ1v) is 10.4. The number of ether oxygens (including phenoxy) is 2. The van der Waals surface area contributed by atoms with E-state index < -0.39 is 17.7 Å². The lowest BCUT2D eigenvalue weighted by Crippen LogP contribution is -2.31. The summed E-state index contributed by atoms with van der Waals surface area (Å²) in [7, 11) is 3.18. The van der Waals surface area contributed by atoms with Gasteiger partial charge in [0.15, 0.2) is 0 Å². The van der Waals surface area contributed by atoms with Crippen LogP contribution in [-0.4, -0.2) is 49.1 Å². The van der Waals surface area contributed by atoms with Crippen molar-refractivity contribution in [1.29, 1.82) is 0 Å². The van der Waals surface area contributed by atoms with Gasteiger partial charge in [-0.15, -0.1) is 0 Å². The molecular weight excluding hydrogens is 394 g/mol. The molecule has 31 heavy (non-hydrogen) atoms. The van der Waals surface area contributed by atoms with E-state index >= 15 is 0 Å². The molecule has 0 radical (unpaired) electrons. The zero-order valence-electron chi connectivity index (χ0n) is 18.5. The van der Waals surface area contributed by atoms with Crippen LogP contribution in [-0.2, 0) is 20.7 Å². The summed E-state index contributed by atoms with van der Waals surface area (Å²) in [4.78, 5) is 27.4. The molecule has 0 bridgehead atoms. The van der Waals surface area contributed by atoms with Crippen LogP contribution in [0, 0.1) is 6.92 Å². The molecule has 1 N–H and O–H groups in total. The molecule has 1 atom stereocenters. The van der Waals surface area contributed by atoms with Gasteiger partial charge in [0.25, 0.3) is 11.7 Å². The third-order valence-electron chi connectivity index (χ3n) is 5.66. The number of aliphatic hydroxyl groups excluding tert-OH is 1. The third kappa shape index (κ3) is 4.49. The summed E-state index contributed by atoms with van der Waals surface area (Å²) in [5.74, 6) is -0.772. The van der Waals surface area contributed by atoms with Gasteiger partial charge in [-0.3, -0.25) is 9.59 Å². The highest BCUT2D eigenvalue weighted by atomic mass is 16.5. The van der Waals surface area contributed by atoms with Gasteiger partial charge >= 0.3 is 0 Å². The summed E-state index contributed by atoms with van der Waals surface area (Å²) in [5.41, 5.74) is 3.36. The first-order valence-electron chi connectivity index (χ1n) is 10.4. The van der Waals surface area contributed by atoms with Crippen molar-refractivity contribution >= 4 is 17.4 Å². The highest BCUT2D eigenvalue weighted by molar-refractivity contribution is 6.46. The Hall–Kier alpha value is -3.12. The fourth-order valence-electron chi connectivity index (χ4n) is 3.95. The van der Waals surface area contributed by atoms with Gasteiger partial charge in [-0.2, -0.15) is 0 Å². The molecule has 164 valence electrons. The van der Waals surface area contributed by atoms with Gasteiger partial charge < -0.3 is 19.5 Å². The Balaban J connectivity index is 2.11. The van der Waals surface area contributed by atoms with Crippen LogP contribution in [0.3, 0.4) is 0 Å². The molecule has 6 heteroatoms. The number of aryl methyl sites for hydroxylation is 2. The molecule has 1 amide bonds. The number of ketones is 1. The first-order chi connectivity index (χ1) is 14.9. The van der Waals surface area contributed by atoms with Crippen molar-refractivity contribution < 1.29 is 24.2 Å². The fraction of sp³-hybridized carbons (Fsp3) is 0.360. The van der Waals surface area contributed by atoms with E-state index in [0.717, 1.165) is 23.1 Å². The maximum atomic E-state index is 13.0. The second-order valence-electron chi connectivity index (χ2n) is 7.62. The standard InChI is InChI=1S/C25H29NO5/c1-5-17-7-9-18(10-8-17)22-21(24(28)25(29)26(22)13-6-14-30-3)23(27)19-11-12-20(31-4)16(2)15-19/h7-12,15,22,27H,5-6,13-14H2,1-4H3/b23-21+/t22-/m1/s1. The van der Waals surface area contributed by atoms with Crippen LogP contribution in [0.5, 0.6) is 5.75 Å². The van der Waals surface area contributed by atoms with E-state index in [-0.39, 0.29) is 11.3 Å². The molecule has 3 rings (SSSR count). The van der Waals surface area contributed by atoms with Crippen molar-refractivity contribution in [3.8, 4) is 5.75 Å². The van der Waals surface area contributed by atoms with E-state index in [4.69, 9.17) is 9.47 Å². The van der Waals surface area contributed by atoms with Crippen LogP contribution < -0.4 is 4.74 Å². The lowest BCUT2D eigenvalue weighted by Gasteiger charge is -2.25. The molecule has 1 fully saturated rings. The smallest absolute Gasteiger partial charge is 0.295 e. The van der Waals surface area contributed by atoms with Crippen molar-refractivity contribution in [3.63, 3.8) is 0 Å². The number of amides is 1. The van der Waals surface area contributed by atoms with Crippen LogP contribution in [0.15, 0.2) is 48.0 Å². The van der Waals surface area contributed by atoms with Crippen molar-refractivity contribution in [1.82, 2.24) is 4.90 Å². The SMILES string of the molecule is CCc1ccc([C@@H]2/C(=C(\O)c3ccc(OC)c(C)c3)C(=O)C(=O)N2CCCOC)cc1. The Morgan fingerprint density at radius 1 is 1.10 bits per heavy atom. The number of hydrogen-bond donors (Lipinski definition) is 1. The minimum absolute atomic E-state index is 0.108. The topological polar surface area (TPSA) is 76.1 Å². The van der Waals surface area contributed by atoms with E-state index in [0.29, 0.717) is 30.9 Å². The summed E-state index contributed by atoms with van der Waals surface area (Å²) in [5, 5.41) is 11.1. The van der Waals surface area contributed by atoms with Crippen LogP contribution in [0.25, 0.3) is 5.76 Å². The molecule has 2 aromatic rings. The summed E-state index contributed by atoms with van der Waals surface area (Å²) in [6.07, 6.45) is 1.48. The number of hydrogen-bond acceptors (Lipinski definition) is 5. The van der Waals surface area contributed by atoms with Crippen molar-refractivity contribution in [3.05, 3.63) is 70.3 Å². The number of nitrogens with zero attached hydrogens (tertiary/aromatic N) is 1. The Labute approximate surface area is 183 Å². The van der Waals surface area contributed by atoms with Crippen LogP contribution >= 0.6 is 0 Å². The first kappa shape index (κ1) is 22.6. The van der Waals surface area contributed by atoms with Gasteiger partial charge in [-0.1, -0.05) is 31.2 Å². The minimum atomic E-state index is -0.673. The quantitative estimate of drug-likeness (QED) is 0.300. The number of methoxy groups -OCH3 is 2. The zero-order chi connectivity index (χ0) is 22.5. The minimum Gasteiger partial charge on any atom is -0.507 e. The number of likely N-dealkylation sites (tertiary alicyclic amines) is 1. The molecule has 1 saturated heterocycles. The fourth-order valence-corrected chi connectivity index (χ4v) is 3.95. The summed E-state index contributed by atoms with van der Waals surface area (Å²) in [6, 6.07) is 12.4. The predicted molar refractivity (Wildman–Crippen MR) is 119 cm³/mol. The molecule has 0 spiro atoms. The molecule has 2 aromatic carbocycles. The Kier molecular flexibility index (Phi) is 7.13. The highest BCUT2D eigenvalue weighted by Crippen LogP contribution is 2.40. The van der Waals surface area contributed by atoms with E-state index in [2.05, 4.69) is 6.92 Å². The third-order valence-corrected chi connectivity index (χ3v) is 5.66. The summed E-state index contributed by atoms with van der Waals surface area (Å²) in [6.45, 7) is 4.76. The van der Waals surface area contributed by atoms with Crippen LogP contribution in [0.1, 0.15) is 41.6 Å². The maximum absolute atomic E-state index is 13.0. The normalized spacial score (nSPS) is 17.9. The number of benzene rings is 2. The molecule has 6 nitrogen and oxygen atoms in total. The van der Waals surface area contributed by atoms with Gasteiger partial charge in [0.1, 0.15) is 11.5 Å². The zero-order valence-corrected chi connectivity index (χ0v) is 18.5. The van der Waals surface area contributed by atoms with E-state index in [9.17, 15) is 14.7 Å². The number of carbonyl (C=O) groups is 2. The number of Topliss-reactive ketones (excluding diaryl/α,β-unsaturated/α-hetero) is 1. The summed E-state index contributed by atoms with van der Waals surface area (Å²) < 4.78 is 10.4. The molecule has 1 heterocycles. The predicted octanol–water partition coefficient (Wildman–Crippen LogP) is 4.02. The largest absolute Gasteiger partial charge is 0.507 e. The van der Waals surface area contributed by atoms with Gasteiger partial charge in [-0.05, 0) is 54.7 Å². The molecule has 0 saturated carbocycles. The molecular formula is C25H29NO5. The van der Waals surface area contributed by atoms with Gasteiger partial charge in [0, 0.05) is 25.8 Å². The molecule has 0 aliphatic carbocycles. The van der Waals surface area contributed by atoms with Crippen molar-refractivity contribution in [2.45, 2.75) is 32.7 Å². The van der Waals surface area contributed by atoms with E-state index in [1.807, 2.05) is 31.2 Å². The summed E-state index contributed by atoms with van der Waals surface area (Å²) >= 11 is 0. The monoisotopic (exact) mass is 423 g/mol. The second kappa shape index (κ2) is 9.79. The van der Waals surface area contributed by atoms with E-state index in [1.165, 1.54) is 4.90 Å². The second-order valence-corrected chi connectivity index (χ2v) is 7.62. The van der Waals surface area contributed by atoms with Crippen LogP contribution in [0.4, 0.5) is 0 Å².